The molecule has 1 atom stereocenters. The van der Waals surface area contributed by atoms with Gasteiger partial charge >= 0.3 is 0 Å². The zero-order chi connectivity index (χ0) is 12.4. The van der Waals surface area contributed by atoms with Crippen molar-refractivity contribution >= 4 is 17.3 Å². The monoisotopic (exact) mass is 261 g/mol. The van der Waals surface area contributed by atoms with Crippen molar-refractivity contribution in [2.75, 3.05) is 5.32 Å². The Labute approximate surface area is 112 Å². The molecular formula is C14H19N3S. The van der Waals surface area contributed by atoms with Gasteiger partial charge in [0.25, 0.3) is 0 Å². The summed E-state index contributed by atoms with van der Waals surface area (Å²) in [6.07, 6.45) is 9.20. The first kappa shape index (κ1) is 11.8. The fraction of sp³-hybridized carbons (Fsp3) is 0.500. The van der Waals surface area contributed by atoms with Crippen LogP contribution in [0.5, 0.6) is 0 Å². The summed E-state index contributed by atoms with van der Waals surface area (Å²) in [5, 5.41) is 7.93. The van der Waals surface area contributed by atoms with Crippen molar-refractivity contribution < 1.29 is 0 Å². The van der Waals surface area contributed by atoms with E-state index < -0.39 is 0 Å². The third-order valence-electron chi connectivity index (χ3n) is 3.80. The van der Waals surface area contributed by atoms with E-state index in [4.69, 9.17) is 0 Å². The Morgan fingerprint density at radius 1 is 1.44 bits per heavy atom. The Bertz CT molecular complexity index is 483. The molecule has 0 aromatic carbocycles. The lowest BCUT2D eigenvalue weighted by Gasteiger charge is -2.19. The molecule has 0 spiro atoms. The number of rotatable bonds is 4. The summed E-state index contributed by atoms with van der Waals surface area (Å²) in [5.74, 6) is 1.01. The van der Waals surface area contributed by atoms with E-state index in [1.807, 2.05) is 6.20 Å². The molecule has 1 N–H and O–H groups in total. The number of nitrogens with one attached hydrogen (secondary N) is 1. The fourth-order valence-corrected chi connectivity index (χ4v) is 3.41. The van der Waals surface area contributed by atoms with Gasteiger partial charge in [0, 0.05) is 18.4 Å². The fourth-order valence-electron chi connectivity index (χ4n) is 2.66. The van der Waals surface area contributed by atoms with E-state index in [0.717, 1.165) is 5.95 Å². The van der Waals surface area contributed by atoms with Gasteiger partial charge in [-0.25, -0.2) is 4.98 Å². The molecule has 2 heterocycles. The van der Waals surface area contributed by atoms with Crippen LogP contribution in [-0.4, -0.2) is 15.6 Å². The van der Waals surface area contributed by atoms with E-state index >= 15 is 0 Å². The molecule has 3 rings (SSSR count). The number of thiophene rings is 1. The van der Waals surface area contributed by atoms with Crippen LogP contribution in [-0.2, 0) is 0 Å². The van der Waals surface area contributed by atoms with Crippen LogP contribution < -0.4 is 5.32 Å². The zero-order valence-electron chi connectivity index (χ0n) is 10.7. The normalized spacial score (nSPS) is 18.1. The Morgan fingerprint density at radius 2 is 2.28 bits per heavy atom. The molecule has 0 amide bonds. The Kier molecular flexibility index (Phi) is 3.37. The SMILES string of the molecule is CC(c1ccsc1)n1ccnc1NC1CCCC1. The minimum Gasteiger partial charge on any atom is -0.353 e. The molecular weight excluding hydrogens is 242 g/mol. The summed E-state index contributed by atoms with van der Waals surface area (Å²) < 4.78 is 2.24. The molecule has 96 valence electrons. The van der Waals surface area contributed by atoms with E-state index in [-0.39, 0.29) is 0 Å². The number of hydrogen-bond donors (Lipinski definition) is 1. The number of anilines is 1. The molecule has 1 aliphatic carbocycles. The minimum atomic E-state index is 0.350. The van der Waals surface area contributed by atoms with Crippen molar-refractivity contribution in [2.24, 2.45) is 0 Å². The lowest BCUT2D eigenvalue weighted by molar-refractivity contribution is 0.632. The predicted octanol–water partition coefficient (Wildman–Crippen LogP) is 3.91. The van der Waals surface area contributed by atoms with Crippen molar-refractivity contribution in [3.8, 4) is 0 Å². The Hall–Kier alpha value is -1.29. The first-order valence-corrected chi connectivity index (χ1v) is 7.60. The molecule has 18 heavy (non-hydrogen) atoms. The molecule has 0 bridgehead atoms. The van der Waals surface area contributed by atoms with Crippen molar-refractivity contribution in [1.29, 1.82) is 0 Å². The smallest absolute Gasteiger partial charge is 0.203 e. The highest BCUT2D eigenvalue weighted by Gasteiger charge is 2.18. The third kappa shape index (κ3) is 2.29. The first-order chi connectivity index (χ1) is 8.84. The van der Waals surface area contributed by atoms with Crippen LogP contribution in [0.3, 0.4) is 0 Å². The van der Waals surface area contributed by atoms with Gasteiger partial charge in [-0.15, -0.1) is 0 Å². The van der Waals surface area contributed by atoms with Gasteiger partial charge < -0.3 is 9.88 Å². The molecule has 1 fully saturated rings. The standard InChI is InChI=1S/C14H19N3S/c1-11(12-6-9-18-10-12)17-8-7-15-14(17)16-13-4-2-3-5-13/h6-11,13H,2-5H2,1H3,(H,15,16). The maximum absolute atomic E-state index is 4.47. The van der Waals surface area contributed by atoms with Gasteiger partial charge in [-0.1, -0.05) is 12.8 Å². The second kappa shape index (κ2) is 5.14. The van der Waals surface area contributed by atoms with Gasteiger partial charge in [0.2, 0.25) is 5.95 Å². The summed E-state index contributed by atoms with van der Waals surface area (Å²) >= 11 is 1.75. The van der Waals surface area contributed by atoms with Gasteiger partial charge in [0.05, 0.1) is 6.04 Å². The average molecular weight is 261 g/mol. The molecule has 0 radical (unpaired) electrons. The van der Waals surface area contributed by atoms with Crippen LogP contribution in [0.25, 0.3) is 0 Å². The van der Waals surface area contributed by atoms with Crippen LogP contribution in [0.4, 0.5) is 5.95 Å². The van der Waals surface area contributed by atoms with Crippen molar-refractivity contribution in [3.63, 3.8) is 0 Å². The lowest BCUT2D eigenvalue weighted by atomic mass is 10.2. The van der Waals surface area contributed by atoms with Crippen molar-refractivity contribution in [2.45, 2.75) is 44.7 Å². The second-order valence-corrected chi connectivity index (χ2v) is 5.80. The van der Waals surface area contributed by atoms with Crippen LogP contribution in [0, 0.1) is 0 Å². The molecule has 0 aliphatic heterocycles. The summed E-state index contributed by atoms with van der Waals surface area (Å²) in [6, 6.07) is 3.15. The summed E-state index contributed by atoms with van der Waals surface area (Å²) in [4.78, 5) is 4.47. The molecule has 1 unspecified atom stereocenters. The van der Waals surface area contributed by atoms with Crippen LogP contribution in [0.1, 0.15) is 44.2 Å². The maximum Gasteiger partial charge on any atom is 0.203 e. The van der Waals surface area contributed by atoms with Gasteiger partial charge in [0.15, 0.2) is 0 Å². The van der Waals surface area contributed by atoms with Gasteiger partial charge in [0.1, 0.15) is 0 Å². The van der Waals surface area contributed by atoms with E-state index in [1.165, 1.54) is 31.2 Å². The molecule has 3 nitrogen and oxygen atoms in total. The molecule has 4 heteroatoms. The summed E-state index contributed by atoms with van der Waals surface area (Å²) in [6.45, 7) is 2.23. The number of aromatic nitrogens is 2. The van der Waals surface area contributed by atoms with Crippen LogP contribution >= 0.6 is 11.3 Å². The highest BCUT2D eigenvalue weighted by Crippen LogP contribution is 2.26. The highest BCUT2D eigenvalue weighted by molar-refractivity contribution is 7.07. The first-order valence-electron chi connectivity index (χ1n) is 6.66. The van der Waals surface area contributed by atoms with E-state index in [2.05, 4.69) is 44.8 Å². The molecule has 1 aliphatic rings. The quantitative estimate of drug-likeness (QED) is 0.904. The molecule has 0 saturated heterocycles. The van der Waals surface area contributed by atoms with Crippen LogP contribution in [0.15, 0.2) is 29.2 Å². The summed E-state index contributed by atoms with van der Waals surface area (Å²) in [5.41, 5.74) is 1.35. The number of imidazole rings is 1. The number of nitrogens with zero attached hydrogens (tertiary/aromatic N) is 2. The third-order valence-corrected chi connectivity index (χ3v) is 4.50. The Balaban J connectivity index is 1.78. The molecule has 1 saturated carbocycles. The lowest BCUT2D eigenvalue weighted by Crippen LogP contribution is -2.19. The number of hydrogen-bond acceptors (Lipinski definition) is 3. The van der Waals surface area contributed by atoms with E-state index in [9.17, 15) is 0 Å². The van der Waals surface area contributed by atoms with E-state index in [1.54, 1.807) is 11.3 Å². The van der Waals surface area contributed by atoms with Crippen molar-refractivity contribution in [1.82, 2.24) is 9.55 Å². The summed E-state index contributed by atoms with van der Waals surface area (Å²) in [7, 11) is 0. The molecule has 2 aromatic rings. The van der Waals surface area contributed by atoms with E-state index in [0.29, 0.717) is 12.1 Å². The van der Waals surface area contributed by atoms with Gasteiger partial charge in [-0.05, 0) is 42.2 Å². The largest absolute Gasteiger partial charge is 0.353 e. The minimum absolute atomic E-state index is 0.350. The van der Waals surface area contributed by atoms with Crippen molar-refractivity contribution in [3.05, 3.63) is 34.8 Å². The highest BCUT2D eigenvalue weighted by atomic mass is 32.1. The Morgan fingerprint density at radius 3 is 3.00 bits per heavy atom. The second-order valence-electron chi connectivity index (χ2n) is 5.02. The van der Waals surface area contributed by atoms with Gasteiger partial charge in [-0.3, -0.25) is 0 Å². The maximum atomic E-state index is 4.47. The predicted molar refractivity (Wildman–Crippen MR) is 76.2 cm³/mol. The molecule has 2 aromatic heterocycles. The van der Waals surface area contributed by atoms with Gasteiger partial charge in [-0.2, -0.15) is 11.3 Å². The average Bonchev–Trinajstić information content (AvgIpc) is 3.12. The van der Waals surface area contributed by atoms with Crippen LogP contribution in [0.2, 0.25) is 0 Å². The zero-order valence-corrected chi connectivity index (χ0v) is 11.5. The topological polar surface area (TPSA) is 29.9 Å².